The fourth-order valence-corrected chi connectivity index (χ4v) is 3.80. The number of halogens is 1. The molecular formula is C30H42ClN2P. The molecule has 184 valence electrons. The SMILES string of the molecule is CC.CCPCl.Cc1ccc(-n2c3ccc(C(C)(C)C)cc3c3cc(C(C)(C)C)ccc32)nc1. The second kappa shape index (κ2) is 11.7. The average molecular weight is 497 g/mol. The Hall–Kier alpha value is -1.89. The Morgan fingerprint density at radius 1 is 0.794 bits per heavy atom. The summed E-state index contributed by atoms with van der Waals surface area (Å²) in [4.78, 5) is 4.73. The molecule has 0 saturated heterocycles. The van der Waals surface area contributed by atoms with Crippen LogP contribution in [0, 0.1) is 6.92 Å². The van der Waals surface area contributed by atoms with E-state index in [9.17, 15) is 0 Å². The number of nitrogens with zero attached hydrogens (tertiary/aromatic N) is 2. The summed E-state index contributed by atoms with van der Waals surface area (Å²) >= 11 is 5.21. The number of rotatable bonds is 2. The highest BCUT2D eigenvalue weighted by Crippen LogP contribution is 2.37. The predicted octanol–water partition coefficient (Wildman–Crippen LogP) is 9.95. The Balaban J connectivity index is 0.000000618. The second-order valence-corrected chi connectivity index (χ2v) is 12.3. The van der Waals surface area contributed by atoms with Gasteiger partial charge in [0.25, 0.3) is 0 Å². The molecule has 34 heavy (non-hydrogen) atoms. The van der Waals surface area contributed by atoms with Gasteiger partial charge in [-0.3, -0.25) is 4.57 Å². The van der Waals surface area contributed by atoms with E-state index in [2.05, 4.69) is 108 Å². The summed E-state index contributed by atoms with van der Waals surface area (Å²) in [5.41, 5.74) is 6.55. The smallest absolute Gasteiger partial charge is 0.137 e. The Morgan fingerprint density at radius 2 is 1.24 bits per heavy atom. The summed E-state index contributed by atoms with van der Waals surface area (Å²) in [6.07, 6.45) is 3.06. The minimum Gasteiger partial charge on any atom is -0.294 e. The first kappa shape index (κ1) is 28.3. The summed E-state index contributed by atoms with van der Waals surface area (Å²) in [5, 5.41) is 2.60. The van der Waals surface area contributed by atoms with Crippen LogP contribution in [0.2, 0.25) is 0 Å². The molecule has 4 heteroatoms. The van der Waals surface area contributed by atoms with Crippen LogP contribution in [0.25, 0.3) is 27.6 Å². The standard InChI is InChI=1S/C26H30N2.C2H6ClP.C2H6/c1-17-8-13-24(27-16-17)28-22-11-9-18(25(2,3)4)14-20(22)21-15-19(26(5,6)7)10-12-23(21)28;1-2-4-3;1-2/h8-16H,1-7H3;4H,2H2,1H3;1-2H3. The third kappa shape index (κ3) is 6.41. The monoisotopic (exact) mass is 496 g/mol. The maximum absolute atomic E-state index is 5.21. The highest BCUT2D eigenvalue weighted by atomic mass is 35.7. The maximum Gasteiger partial charge on any atom is 0.137 e. The van der Waals surface area contributed by atoms with Gasteiger partial charge in [0.05, 0.1) is 11.0 Å². The number of hydrogen-bond acceptors (Lipinski definition) is 1. The molecule has 0 aliphatic heterocycles. The number of benzene rings is 2. The van der Waals surface area contributed by atoms with Gasteiger partial charge in [-0.15, -0.1) is 11.2 Å². The first-order valence-corrected chi connectivity index (χ1v) is 14.5. The Labute approximate surface area is 213 Å². The zero-order valence-corrected chi connectivity index (χ0v) is 24.4. The fraction of sp³-hybridized carbons (Fsp3) is 0.433. The molecule has 0 N–H and O–H groups in total. The summed E-state index contributed by atoms with van der Waals surface area (Å²) in [6, 6.07) is 18.0. The van der Waals surface area contributed by atoms with Crippen molar-refractivity contribution in [2.24, 2.45) is 0 Å². The van der Waals surface area contributed by atoms with E-state index in [1.165, 1.54) is 38.5 Å². The molecule has 2 aromatic carbocycles. The van der Waals surface area contributed by atoms with Gasteiger partial charge in [0, 0.05) is 17.0 Å². The lowest BCUT2D eigenvalue weighted by molar-refractivity contribution is 0.590. The van der Waals surface area contributed by atoms with Gasteiger partial charge in [0.15, 0.2) is 0 Å². The van der Waals surface area contributed by atoms with Crippen molar-refractivity contribution in [1.82, 2.24) is 9.55 Å². The van der Waals surface area contributed by atoms with E-state index in [0.29, 0.717) is 7.93 Å². The van der Waals surface area contributed by atoms with Crippen LogP contribution in [0.15, 0.2) is 54.7 Å². The quantitative estimate of drug-likeness (QED) is 0.252. The molecule has 0 radical (unpaired) electrons. The summed E-state index contributed by atoms with van der Waals surface area (Å²) in [6.45, 7) is 21.8. The maximum atomic E-state index is 5.21. The van der Waals surface area contributed by atoms with Gasteiger partial charge in [-0.25, -0.2) is 4.98 Å². The molecule has 0 spiro atoms. The van der Waals surface area contributed by atoms with Crippen molar-refractivity contribution in [2.45, 2.75) is 80.1 Å². The van der Waals surface area contributed by atoms with E-state index < -0.39 is 0 Å². The molecule has 0 fully saturated rings. The molecule has 2 nitrogen and oxygen atoms in total. The molecule has 4 rings (SSSR count). The average Bonchev–Trinajstić information content (AvgIpc) is 3.13. The minimum atomic E-state index is 0.117. The number of aromatic nitrogens is 2. The lowest BCUT2D eigenvalue weighted by Crippen LogP contribution is -2.10. The predicted molar refractivity (Wildman–Crippen MR) is 157 cm³/mol. The van der Waals surface area contributed by atoms with E-state index in [-0.39, 0.29) is 10.8 Å². The van der Waals surface area contributed by atoms with E-state index in [4.69, 9.17) is 16.2 Å². The van der Waals surface area contributed by atoms with Crippen LogP contribution >= 0.6 is 19.2 Å². The molecule has 2 aromatic heterocycles. The van der Waals surface area contributed by atoms with E-state index >= 15 is 0 Å². The van der Waals surface area contributed by atoms with Crippen LogP contribution in [-0.2, 0) is 10.8 Å². The molecule has 0 bridgehead atoms. The third-order valence-corrected chi connectivity index (χ3v) is 6.82. The van der Waals surface area contributed by atoms with Gasteiger partial charge >= 0.3 is 0 Å². The highest BCUT2D eigenvalue weighted by molar-refractivity contribution is 7.68. The van der Waals surface area contributed by atoms with Gasteiger partial charge in [-0.1, -0.05) is 80.5 Å². The van der Waals surface area contributed by atoms with Crippen LogP contribution < -0.4 is 0 Å². The van der Waals surface area contributed by atoms with Crippen LogP contribution in [0.1, 0.15) is 79.0 Å². The van der Waals surface area contributed by atoms with Gasteiger partial charge in [0.2, 0.25) is 0 Å². The molecule has 0 amide bonds. The molecule has 1 atom stereocenters. The van der Waals surface area contributed by atoms with Gasteiger partial charge in [0.1, 0.15) is 5.82 Å². The summed E-state index contributed by atoms with van der Waals surface area (Å²) in [5.74, 6) is 0.970. The molecule has 2 heterocycles. The third-order valence-electron chi connectivity index (χ3n) is 5.76. The summed E-state index contributed by atoms with van der Waals surface area (Å²) in [7, 11) is 0.613. The Bertz CT molecular complexity index is 1140. The van der Waals surface area contributed by atoms with E-state index in [1.807, 2.05) is 20.0 Å². The van der Waals surface area contributed by atoms with Crippen molar-refractivity contribution in [3.8, 4) is 5.82 Å². The van der Waals surface area contributed by atoms with Crippen molar-refractivity contribution in [2.75, 3.05) is 6.16 Å². The highest BCUT2D eigenvalue weighted by Gasteiger charge is 2.20. The van der Waals surface area contributed by atoms with Gasteiger partial charge < -0.3 is 0 Å². The molecule has 4 aromatic rings. The topological polar surface area (TPSA) is 17.8 Å². The van der Waals surface area contributed by atoms with Crippen molar-refractivity contribution < 1.29 is 0 Å². The van der Waals surface area contributed by atoms with Crippen molar-refractivity contribution in [1.29, 1.82) is 0 Å². The lowest BCUT2D eigenvalue weighted by Gasteiger charge is -2.19. The Morgan fingerprint density at radius 3 is 1.56 bits per heavy atom. The second-order valence-electron chi connectivity index (χ2n) is 10.5. The largest absolute Gasteiger partial charge is 0.294 e. The first-order valence-electron chi connectivity index (χ1n) is 12.3. The zero-order valence-electron chi connectivity index (χ0n) is 22.7. The molecule has 0 aliphatic carbocycles. The normalized spacial score (nSPS) is 12.0. The number of fused-ring (bicyclic) bond motifs is 3. The van der Waals surface area contributed by atoms with Crippen LogP contribution in [0.4, 0.5) is 0 Å². The van der Waals surface area contributed by atoms with Crippen molar-refractivity contribution >= 4 is 41.0 Å². The molecule has 1 unspecified atom stereocenters. The molecule has 0 aliphatic rings. The number of hydrogen-bond donors (Lipinski definition) is 0. The lowest BCUT2D eigenvalue weighted by atomic mass is 9.85. The molecular weight excluding hydrogens is 455 g/mol. The fourth-order valence-electron chi connectivity index (χ4n) is 3.80. The number of pyridine rings is 1. The van der Waals surface area contributed by atoms with Crippen LogP contribution in [0.3, 0.4) is 0 Å². The number of aryl methyl sites for hydroxylation is 1. The Kier molecular flexibility index (Phi) is 9.75. The van der Waals surface area contributed by atoms with E-state index in [1.54, 1.807) is 0 Å². The van der Waals surface area contributed by atoms with Gasteiger partial charge in [-0.2, -0.15) is 0 Å². The summed E-state index contributed by atoms with van der Waals surface area (Å²) < 4.78 is 2.29. The molecule has 0 saturated carbocycles. The first-order chi connectivity index (χ1) is 16.0. The van der Waals surface area contributed by atoms with Crippen molar-refractivity contribution in [3.05, 3.63) is 71.4 Å². The van der Waals surface area contributed by atoms with Crippen LogP contribution in [0.5, 0.6) is 0 Å². The van der Waals surface area contributed by atoms with E-state index in [0.717, 1.165) is 12.0 Å². The minimum absolute atomic E-state index is 0.117. The van der Waals surface area contributed by atoms with Gasteiger partial charge in [-0.05, 0) is 78.9 Å². The van der Waals surface area contributed by atoms with Crippen molar-refractivity contribution in [3.63, 3.8) is 0 Å². The van der Waals surface area contributed by atoms with Crippen LogP contribution in [-0.4, -0.2) is 15.7 Å². The zero-order chi connectivity index (χ0) is 25.7.